The molecule has 3 aromatic rings. The van der Waals surface area contributed by atoms with Gasteiger partial charge >= 0.3 is 18.1 Å². The van der Waals surface area contributed by atoms with Crippen LogP contribution in [0.2, 0.25) is 5.02 Å². The summed E-state index contributed by atoms with van der Waals surface area (Å²) in [5.41, 5.74) is -0.0640. The highest BCUT2D eigenvalue weighted by atomic mass is 35.5. The van der Waals surface area contributed by atoms with Crippen molar-refractivity contribution < 1.29 is 32.2 Å². The Labute approximate surface area is 253 Å². The number of hydrogen-bond donors (Lipinski definition) is 0. The van der Waals surface area contributed by atoms with Gasteiger partial charge in [-0.15, -0.1) is 0 Å². The standard InChI is InChI=1S/C33H30ClF3N2O4/c1-5-42-31(40)27-20(3)39(30(22-14-8-7-9-15-22)38-26-19-13-12-18-25(26)34)21(4)28(32(41)43-6-2)29(27)23-16-10-11-17-24(23)33(35,36)37/h7-19,29H,5-6H2,1-4H3. The summed E-state index contributed by atoms with van der Waals surface area (Å²) in [6.07, 6.45) is -4.77. The van der Waals surface area contributed by atoms with E-state index in [1.54, 1.807) is 81.1 Å². The van der Waals surface area contributed by atoms with E-state index >= 15 is 0 Å². The molecule has 0 spiro atoms. The third kappa shape index (κ3) is 6.51. The average Bonchev–Trinajstić information content (AvgIpc) is 2.97. The normalized spacial score (nSPS) is 14.7. The number of benzene rings is 3. The number of esters is 2. The van der Waals surface area contributed by atoms with Gasteiger partial charge in [0.1, 0.15) is 5.84 Å². The van der Waals surface area contributed by atoms with Crippen molar-refractivity contribution in [3.63, 3.8) is 0 Å². The summed E-state index contributed by atoms with van der Waals surface area (Å²) < 4.78 is 53.8. The Kier molecular flexibility index (Phi) is 9.76. The molecule has 0 saturated carbocycles. The van der Waals surface area contributed by atoms with Crippen LogP contribution in [-0.4, -0.2) is 35.9 Å². The molecule has 0 bridgehead atoms. The molecule has 224 valence electrons. The van der Waals surface area contributed by atoms with Crippen LogP contribution in [0.5, 0.6) is 0 Å². The van der Waals surface area contributed by atoms with Gasteiger partial charge in [0.2, 0.25) is 0 Å². The molecule has 0 amide bonds. The quantitative estimate of drug-likeness (QED) is 0.153. The maximum Gasteiger partial charge on any atom is 0.416 e. The number of alkyl halides is 3. The van der Waals surface area contributed by atoms with Gasteiger partial charge in [-0.3, -0.25) is 0 Å². The Hall–Kier alpha value is -4.37. The van der Waals surface area contributed by atoms with E-state index in [4.69, 9.17) is 26.1 Å². The second kappa shape index (κ2) is 13.3. The fourth-order valence-corrected chi connectivity index (χ4v) is 5.30. The van der Waals surface area contributed by atoms with Gasteiger partial charge in [-0.05, 0) is 51.5 Å². The Morgan fingerprint density at radius 3 is 1.86 bits per heavy atom. The van der Waals surface area contributed by atoms with E-state index in [0.29, 0.717) is 16.3 Å². The molecule has 1 aliphatic rings. The second-order valence-electron chi connectivity index (χ2n) is 9.55. The number of carbonyl (C=O) groups is 2. The molecule has 4 rings (SSSR count). The zero-order valence-electron chi connectivity index (χ0n) is 24.0. The summed E-state index contributed by atoms with van der Waals surface area (Å²) in [7, 11) is 0. The van der Waals surface area contributed by atoms with Crippen molar-refractivity contribution in [3.8, 4) is 0 Å². The number of carbonyl (C=O) groups excluding carboxylic acids is 2. The number of hydrogen-bond acceptors (Lipinski definition) is 5. The molecule has 1 heterocycles. The highest BCUT2D eigenvalue weighted by Gasteiger charge is 2.45. The molecule has 6 nitrogen and oxygen atoms in total. The molecular weight excluding hydrogens is 581 g/mol. The molecule has 1 aliphatic heterocycles. The van der Waals surface area contributed by atoms with Crippen LogP contribution in [0.25, 0.3) is 0 Å². The molecule has 0 saturated heterocycles. The number of allylic oxidation sites excluding steroid dienone is 2. The van der Waals surface area contributed by atoms with Crippen LogP contribution in [0.4, 0.5) is 18.9 Å². The summed E-state index contributed by atoms with van der Waals surface area (Å²) in [5.74, 6) is -2.89. The molecule has 0 fully saturated rings. The molecule has 0 atom stereocenters. The minimum absolute atomic E-state index is 0.0417. The Morgan fingerprint density at radius 2 is 1.33 bits per heavy atom. The minimum atomic E-state index is -4.77. The fourth-order valence-electron chi connectivity index (χ4n) is 5.13. The van der Waals surface area contributed by atoms with Crippen molar-refractivity contribution in [3.05, 3.63) is 123 Å². The summed E-state index contributed by atoms with van der Waals surface area (Å²) in [4.78, 5) is 33.8. The third-order valence-corrected chi connectivity index (χ3v) is 7.24. The zero-order valence-corrected chi connectivity index (χ0v) is 24.8. The first kappa shape index (κ1) is 31.6. The maximum atomic E-state index is 14.3. The Bertz CT molecular complexity index is 1570. The number of halogens is 4. The van der Waals surface area contributed by atoms with Gasteiger partial charge in [0.25, 0.3) is 0 Å². The van der Waals surface area contributed by atoms with E-state index in [0.717, 1.165) is 6.07 Å². The molecule has 0 unspecified atom stereocenters. The molecule has 0 radical (unpaired) electrons. The summed E-state index contributed by atoms with van der Waals surface area (Å²) in [6.45, 7) is 6.28. The maximum absolute atomic E-state index is 14.3. The summed E-state index contributed by atoms with van der Waals surface area (Å²) in [5, 5.41) is 0.351. The van der Waals surface area contributed by atoms with Crippen LogP contribution in [0.1, 0.15) is 50.3 Å². The monoisotopic (exact) mass is 610 g/mol. The lowest BCUT2D eigenvalue weighted by Crippen LogP contribution is -2.39. The predicted molar refractivity (Wildman–Crippen MR) is 159 cm³/mol. The lowest BCUT2D eigenvalue weighted by molar-refractivity contribution is -0.142. The smallest absolute Gasteiger partial charge is 0.416 e. The van der Waals surface area contributed by atoms with E-state index in [-0.39, 0.29) is 47.2 Å². The number of nitrogens with zero attached hydrogens (tertiary/aromatic N) is 2. The van der Waals surface area contributed by atoms with Gasteiger partial charge in [-0.25, -0.2) is 14.6 Å². The number of rotatable bonds is 7. The van der Waals surface area contributed by atoms with E-state index in [1.165, 1.54) is 18.2 Å². The molecule has 43 heavy (non-hydrogen) atoms. The van der Waals surface area contributed by atoms with E-state index in [1.807, 2.05) is 6.07 Å². The van der Waals surface area contributed by atoms with Crippen molar-refractivity contribution in [2.24, 2.45) is 4.99 Å². The minimum Gasteiger partial charge on any atom is -0.463 e. The lowest BCUT2D eigenvalue weighted by atomic mass is 9.77. The highest BCUT2D eigenvalue weighted by Crippen LogP contribution is 2.47. The third-order valence-electron chi connectivity index (χ3n) is 6.92. The zero-order chi connectivity index (χ0) is 31.3. The number of ether oxygens (including phenoxy) is 2. The van der Waals surface area contributed by atoms with Gasteiger partial charge in [0, 0.05) is 17.0 Å². The Balaban J connectivity index is 2.13. The summed E-state index contributed by atoms with van der Waals surface area (Å²) in [6, 6.07) is 20.7. The molecule has 3 aromatic carbocycles. The Morgan fingerprint density at radius 1 is 0.814 bits per heavy atom. The number of para-hydroxylation sites is 1. The van der Waals surface area contributed by atoms with Crippen molar-refractivity contribution >= 4 is 35.1 Å². The molecule has 0 aliphatic carbocycles. The molecule has 0 N–H and O–H groups in total. The van der Waals surface area contributed by atoms with Crippen molar-refractivity contribution in [2.75, 3.05) is 13.2 Å². The second-order valence-corrected chi connectivity index (χ2v) is 9.95. The van der Waals surface area contributed by atoms with Crippen molar-refractivity contribution in [1.29, 1.82) is 0 Å². The van der Waals surface area contributed by atoms with Crippen molar-refractivity contribution in [2.45, 2.75) is 39.8 Å². The average molecular weight is 611 g/mol. The highest BCUT2D eigenvalue weighted by molar-refractivity contribution is 6.33. The van der Waals surface area contributed by atoms with Crippen LogP contribution in [-0.2, 0) is 25.2 Å². The predicted octanol–water partition coefficient (Wildman–Crippen LogP) is 8.21. The largest absolute Gasteiger partial charge is 0.463 e. The molecule has 10 heteroatoms. The van der Waals surface area contributed by atoms with Gasteiger partial charge < -0.3 is 14.4 Å². The van der Waals surface area contributed by atoms with Gasteiger partial charge in [-0.1, -0.05) is 72.3 Å². The van der Waals surface area contributed by atoms with Crippen LogP contribution < -0.4 is 0 Å². The van der Waals surface area contributed by atoms with Gasteiger partial charge in [0.05, 0.1) is 46.6 Å². The number of amidine groups is 1. The van der Waals surface area contributed by atoms with Gasteiger partial charge in [-0.2, -0.15) is 13.2 Å². The van der Waals surface area contributed by atoms with Crippen molar-refractivity contribution in [1.82, 2.24) is 4.90 Å². The van der Waals surface area contributed by atoms with Gasteiger partial charge in [0.15, 0.2) is 0 Å². The van der Waals surface area contributed by atoms with Crippen LogP contribution in [0, 0.1) is 0 Å². The van der Waals surface area contributed by atoms with E-state index in [9.17, 15) is 22.8 Å². The SMILES string of the molecule is CCOC(=O)C1=C(C)N(C(=Nc2ccccc2Cl)c2ccccc2)C(C)=C(C(=O)OCC)C1c1ccccc1C(F)(F)F. The van der Waals surface area contributed by atoms with Crippen LogP contribution >= 0.6 is 11.6 Å². The topological polar surface area (TPSA) is 68.2 Å². The van der Waals surface area contributed by atoms with Crippen LogP contribution in [0.15, 0.2) is 106 Å². The fraction of sp³-hybridized carbons (Fsp3) is 0.242. The molecular formula is C33H30ClF3N2O4. The lowest BCUT2D eigenvalue weighted by Gasteiger charge is -2.39. The van der Waals surface area contributed by atoms with Crippen LogP contribution in [0.3, 0.4) is 0 Å². The first-order valence-corrected chi connectivity index (χ1v) is 14.0. The summed E-state index contributed by atoms with van der Waals surface area (Å²) >= 11 is 6.47. The first-order valence-electron chi connectivity index (χ1n) is 13.6. The number of aliphatic imine (C=N–C) groups is 1. The van der Waals surface area contributed by atoms with E-state index < -0.39 is 29.6 Å². The van der Waals surface area contributed by atoms with E-state index in [2.05, 4.69) is 0 Å². The molecule has 0 aromatic heterocycles. The first-order chi connectivity index (χ1) is 20.5.